The van der Waals surface area contributed by atoms with E-state index in [4.69, 9.17) is 0 Å². The summed E-state index contributed by atoms with van der Waals surface area (Å²) in [5.41, 5.74) is 10.5. The van der Waals surface area contributed by atoms with E-state index in [1.54, 1.807) is 22.3 Å². The minimum Gasteiger partial charge on any atom is -0.338 e. The van der Waals surface area contributed by atoms with Crippen molar-refractivity contribution in [3.8, 4) is 0 Å². The van der Waals surface area contributed by atoms with Gasteiger partial charge in [-0.1, -0.05) is 124 Å². The van der Waals surface area contributed by atoms with Crippen LogP contribution in [0.5, 0.6) is 0 Å². The lowest BCUT2D eigenvalue weighted by Gasteiger charge is -2.44. The van der Waals surface area contributed by atoms with Gasteiger partial charge in [-0.25, -0.2) is 0 Å². The number of hydrogen-bond acceptors (Lipinski definition) is 2. The summed E-state index contributed by atoms with van der Waals surface area (Å²) in [6.45, 7) is 12.5. The monoisotopic (exact) mass is 616 g/mol. The summed E-state index contributed by atoms with van der Waals surface area (Å²) in [6.07, 6.45) is 41.0. The zero-order valence-electron chi connectivity index (χ0n) is 29.6. The van der Waals surface area contributed by atoms with Gasteiger partial charge in [0.25, 0.3) is 0 Å². The molecule has 0 spiro atoms. The van der Waals surface area contributed by atoms with Crippen molar-refractivity contribution < 1.29 is 0 Å². The van der Waals surface area contributed by atoms with E-state index in [1.807, 2.05) is 0 Å². The van der Waals surface area contributed by atoms with Gasteiger partial charge in [0.1, 0.15) is 0 Å². The summed E-state index contributed by atoms with van der Waals surface area (Å²) in [6, 6.07) is 10.6. The van der Waals surface area contributed by atoms with Crippen LogP contribution in [0.15, 0.2) is 119 Å². The highest BCUT2D eigenvalue weighted by Gasteiger charge is 2.34. The van der Waals surface area contributed by atoms with Gasteiger partial charge in [-0.15, -0.1) is 0 Å². The molecule has 2 heteroatoms. The second-order valence-electron chi connectivity index (χ2n) is 13.8. The fourth-order valence-corrected chi connectivity index (χ4v) is 8.20. The highest BCUT2D eigenvalue weighted by Crippen LogP contribution is 2.40. The summed E-state index contributed by atoms with van der Waals surface area (Å²) < 4.78 is 0. The lowest BCUT2D eigenvalue weighted by atomic mass is 9.83. The summed E-state index contributed by atoms with van der Waals surface area (Å²) in [4.78, 5) is 5.45. The molecule has 46 heavy (non-hydrogen) atoms. The van der Waals surface area contributed by atoms with E-state index in [2.05, 4.69) is 136 Å². The Bertz CT molecular complexity index is 1410. The molecule has 0 radical (unpaired) electrons. The molecule has 0 amide bonds. The van der Waals surface area contributed by atoms with Crippen LogP contribution in [0.1, 0.15) is 122 Å². The Kier molecular flexibility index (Phi) is 12.8. The van der Waals surface area contributed by atoms with Gasteiger partial charge in [-0.05, 0) is 107 Å². The minimum absolute atomic E-state index is 0.426. The van der Waals surface area contributed by atoms with Crippen LogP contribution < -0.4 is 0 Å². The number of fused-ring (bicyclic) bond motifs is 1. The van der Waals surface area contributed by atoms with Crippen LogP contribution >= 0.6 is 0 Å². The number of nitrogens with zero attached hydrogens (tertiary/aromatic N) is 2. The van der Waals surface area contributed by atoms with Crippen molar-refractivity contribution in [3.05, 3.63) is 130 Å². The fourth-order valence-electron chi connectivity index (χ4n) is 8.20. The molecule has 2 nitrogen and oxygen atoms in total. The van der Waals surface area contributed by atoms with Crippen LogP contribution in [0, 0.1) is 5.92 Å². The van der Waals surface area contributed by atoms with Crippen LogP contribution in [-0.4, -0.2) is 28.4 Å². The van der Waals surface area contributed by atoms with E-state index in [-0.39, 0.29) is 0 Å². The Labute approximate surface area is 281 Å². The predicted molar refractivity (Wildman–Crippen MR) is 199 cm³/mol. The van der Waals surface area contributed by atoms with Gasteiger partial charge in [0, 0.05) is 42.0 Å². The lowest BCUT2D eigenvalue weighted by Crippen LogP contribution is -2.45. The molecule has 4 aliphatic carbocycles. The number of hydrogen-bond donors (Lipinski definition) is 0. The number of aryl methyl sites for hydroxylation is 1. The maximum Gasteiger partial charge on any atom is 0.0443 e. The molecule has 0 aromatic heterocycles. The third kappa shape index (κ3) is 8.24. The minimum atomic E-state index is 0.426. The third-order valence-corrected chi connectivity index (χ3v) is 10.6. The molecule has 0 fully saturated rings. The zero-order chi connectivity index (χ0) is 32.3. The number of allylic oxidation sites excluding steroid dienone is 10. The van der Waals surface area contributed by atoms with Crippen molar-refractivity contribution >= 4 is 0 Å². The highest BCUT2D eigenvalue weighted by molar-refractivity contribution is 5.40. The number of benzene rings is 1. The molecule has 5 rings (SSSR count). The first-order valence-electron chi connectivity index (χ1n) is 18.6. The van der Waals surface area contributed by atoms with Crippen LogP contribution in [0.25, 0.3) is 0 Å². The Morgan fingerprint density at radius 3 is 2.41 bits per heavy atom. The van der Waals surface area contributed by atoms with Crippen molar-refractivity contribution in [2.75, 3.05) is 6.54 Å². The maximum absolute atomic E-state index is 2.85. The molecular formula is C44H60N2. The van der Waals surface area contributed by atoms with Gasteiger partial charge < -0.3 is 4.90 Å². The largest absolute Gasteiger partial charge is 0.338 e. The molecule has 1 aromatic carbocycles. The number of rotatable bonds is 14. The fraction of sp³-hybridized carbons (Fsp3) is 0.500. The molecule has 0 saturated carbocycles. The van der Waals surface area contributed by atoms with E-state index < -0.39 is 0 Å². The topological polar surface area (TPSA) is 6.48 Å². The first kappa shape index (κ1) is 34.2. The van der Waals surface area contributed by atoms with Gasteiger partial charge in [-0.3, -0.25) is 4.90 Å². The molecule has 0 bridgehead atoms. The Balaban J connectivity index is 1.32. The average Bonchev–Trinajstić information content (AvgIpc) is 3.11. The summed E-state index contributed by atoms with van der Waals surface area (Å²) >= 11 is 0. The molecule has 3 unspecified atom stereocenters. The van der Waals surface area contributed by atoms with Crippen molar-refractivity contribution in [2.45, 2.75) is 130 Å². The Morgan fingerprint density at radius 1 is 0.913 bits per heavy atom. The molecular weight excluding hydrogens is 556 g/mol. The van der Waals surface area contributed by atoms with Gasteiger partial charge in [0.05, 0.1) is 0 Å². The molecule has 246 valence electrons. The Hall–Kier alpha value is -3.10. The SMILES string of the molecule is C/C=C\C(CC)N(C1C=CC(C2C=CC(N(C/C(CCC)=C(/C)CCC)C3=CCCC=C3)=CC2)=CC1)[C@@H]1CCCc2ccccc21. The van der Waals surface area contributed by atoms with E-state index in [9.17, 15) is 0 Å². The van der Waals surface area contributed by atoms with Crippen molar-refractivity contribution in [3.63, 3.8) is 0 Å². The molecule has 0 heterocycles. The Morgan fingerprint density at radius 2 is 1.74 bits per heavy atom. The molecule has 4 atom stereocenters. The van der Waals surface area contributed by atoms with Crippen molar-refractivity contribution in [1.82, 2.24) is 9.80 Å². The smallest absolute Gasteiger partial charge is 0.0443 e. The van der Waals surface area contributed by atoms with E-state index in [0.717, 1.165) is 38.6 Å². The maximum atomic E-state index is 2.85. The summed E-state index contributed by atoms with van der Waals surface area (Å²) in [5.74, 6) is 0.451. The van der Waals surface area contributed by atoms with Crippen LogP contribution in [-0.2, 0) is 6.42 Å². The van der Waals surface area contributed by atoms with Gasteiger partial charge in [0.15, 0.2) is 0 Å². The third-order valence-electron chi connectivity index (χ3n) is 10.6. The molecule has 0 aliphatic heterocycles. The van der Waals surface area contributed by atoms with Crippen molar-refractivity contribution in [1.29, 1.82) is 0 Å². The molecule has 0 N–H and O–H groups in total. The molecule has 0 saturated heterocycles. The van der Waals surface area contributed by atoms with Gasteiger partial charge >= 0.3 is 0 Å². The lowest BCUT2D eigenvalue weighted by molar-refractivity contribution is 0.108. The first-order chi connectivity index (χ1) is 22.6. The summed E-state index contributed by atoms with van der Waals surface area (Å²) in [7, 11) is 0. The quantitative estimate of drug-likeness (QED) is 0.192. The standard InChI is InChI=1S/C44H60N2/c1-6-16-34(5)38(17-7-2)33-45(40-21-11-10-12-22-40)41-29-25-35(26-30-41)36-27-31-42(32-28-36)46(39(9-4)18-8-3)44-24-15-20-37-19-13-14-23-43(37)44/h8,11,13-14,18-19,21-23,25,27-31,35,39,42,44H,6-7,9-10,12,15-17,20,24,26,32-33H2,1-5H3/b18-8-,38-34-/t35?,39?,42?,44-/m1/s1. The van der Waals surface area contributed by atoms with Crippen LogP contribution in [0.2, 0.25) is 0 Å². The van der Waals surface area contributed by atoms with Crippen molar-refractivity contribution in [2.24, 2.45) is 5.92 Å². The second-order valence-corrected chi connectivity index (χ2v) is 13.8. The molecule has 4 aliphatic rings. The first-order valence-corrected chi connectivity index (χ1v) is 18.6. The van der Waals surface area contributed by atoms with Gasteiger partial charge in [-0.2, -0.15) is 0 Å². The predicted octanol–water partition coefficient (Wildman–Crippen LogP) is 11.9. The highest BCUT2D eigenvalue weighted by atomic mass is 15.2. The van der Waals surface area contributed by atoms with E-state index >= 15 is 0 Å². The van der Waals surface area contributed by atoms with Gasteiger partial charge in [0.2, 0.25) is 0 Å². The normalized spacial score (nSPS) is 24.0. The second kappa shape index (κ2) is 17.2. The summed E-state index contributed by atoms with van der Waals surface area (Å²) in [5, 5.41) is 0. The van der Waals surface area contributed by atoms with Crippen LogP contribution in [0.4, 0.5) is 0 Å². The molecule has 1 aromatic rings. The van der Waals surface area contributed by atoms with E-state index in [1.165, 1.54) is 61.9 Å². The zero-order valence-corrected chi connectivity index (χ0v) is 29.6. The van der Waals surface area contributed by atoms with E-state index in [0.29, 0.717) is 24.0 Å². The average molecular weight is 617 g/mol. The van der Waals surface area contributed by atoms with Crippen LogP contribution in [0.3, 0.4) is 0 Å².